The van der Waals surface area contributed by atoms with Crippen LogP contribution in [0.3, 0.4) is 0 Å². The molecule has 1 heterocycles. The van der Waals surface area contributed by atoms with Crippen molar-refractivity contribution in [1.82, 2.24) is 4.98 Å². The molecule has 2 N–H and O–H groups in total. The van der Waals surface area contributed by atoms with Crippen LogP contribution in [0.4, 0.5) is 16.2 Å². The minimum absolute atomic E-state index is 0.353. The van der Waals surface area contributed by atoms with E-state index in [0.717, 1.165) is 17.1 Å². The van der Waals surface area contributed by atoms with Crippen LogP contribution in [-0.4, -0.2) is 17.6 Å². The van der Waals surface area contributed by atoms with E-state index in [1.54, 1.807) is 42.6 Å². The number of ether oxygens (including phenoxy) is 2. The molecule has 6 heteroatoms. The molecule has 3 aromatic rings. The Balaban J connectivity index is 1.56. The second-order valence-corrected chi connectivity index (χ2v) is 5.79. The Hall–Kier alpha value is -3.54. The van der Waals surface area contributed by atoms with E-state index in [2.05, 4.69) is 15.6 Å². The largest absolute Gasteiger partial charge is 0.494 e. The Kier molecular flexibility index (Phi) is 5.89. The summed E-state index contributed by atoms with van der Waals surface area (Å²) in [5.74, 6) is 1.97. The van der Waals surface area contributed by atoms with Gasteiger partial charge in [0.05, 0.1) is 18.5 Å². The van der Waals surface area contributed by atoms with E-state index in [-0.39, 0.29) is 6.03 Å². The molecule has 6 nitrogen and oxygen atoms in total. The zero-order valence-corrected chi connectivity index (χ0v) is 15.2. The maximum absolute atomic E-state index is 12.1. The van der Waals surface area contributed by atoms with E-state index in [9.17, 15) is 4.79 Å². The number of amides is 2. The lowest BCUT2D eigenvalue weighted by Crippen LogP contribution is -2.19. The number of aryl methyl sites for hydroxylation is 1. The second kappa shape index (κ2) is 8.71. The van der Waals surface area contributed by atoms with Crippen molar-refractivity contribution in [3.8, 4) is 17.4 Å². The fourth-order valence-electron chi connectivity index (χ4n) is 2.39. The van der Waals surface area contributed by atoms with Gasteiger partial charge in [-0.05, 0) is 55.8 Å². The van der Waals surface area contributed by atoms with Crippen LogP contribution in [0.1, 0.15) is 12.5 Å². The molecular weight excluding hydrogens is 342 g/mol. The zero-order chi connectivity index (χ0) is 19.1. The number of aromatic nitrogens is 1. The minimum atomic E-state index is -0.353. The molecule has 0 atom stereocenters. The Morgan fingerprint density at radius 1 is 0.963 bits per heavy atom. The third-order valence-electron chi connectivity index (χ3n) is 3.73. The summed E-state index contributed by atoms with van der Waals surface area (Å²) in [6.45, 7) is 4.49. The molecule has 0 bridgehead atoms. The molecule has 0 saturated carbocycles. The van der Waals surface area contributed by atoms with Crippen LogP contribution in [0.25, 0.3) is 0 Å². The molecule has 0 aliphatic carbocycles. The molecule has 1 aromatic heterocycles. The standard InChI is InChI=1S/C21H21N3O3/c1-3-26-18-11-8-16(9-12-18)23-21(25)24-17-10-13-20(22-14-17)27-19-7-5-4-6-15(19)2/h4-14H,3H2,1-2H3,(H2,23,24,25). The van der Waals surface area contributed by atoms with Crippen LogP contribution in [0, 0.1) is 6.92 Å². The van der Waals surface area contributed by atoms with Gasteiger partial charge in [0.1, 0.15) is 11.5 Å². The van der Waals surface area contributed by atoms with Crippen molar-refractivity contribution in [3.05, 3.63) is 72.4 Å². The summed E-state index contributed by atoms with van der Waals surface area (Å²) in [4.78, 5) is 16.3. The highest BCUT2D eigenvalue weighted by Crippen LogP contribution is 2.23. The van der Waals surface area contributed by atoms with Crippen molar-refractivity contribution < 1.29 is 14.3 Å². The van der Waals surface area contributed by atoms with Crippen LogP contribution >= 0.6 is 0 Å². The van der Waals surface area contributed by atoms with Crippen LogP contribution in [0.15, 0.2) is 66.9 Å². The smallest absolute Gasteiger partial charge is 0.323 e. The maximum atomic E-state index is 12.1. The molecule has 2 aromatic carbocycles. The average molecular weight is 363 g/mol. The summed E-state index contributed by atoms with van der Waals surface area (Å²) in [5.41, 5.74) is 2.26. The second-order valence-electron chi connectivity index (χ2n) is 5.79. The summed E-state index contributed by atoms with van der Waals surface area (Å²) >= 11 is 0. The van der Waals surface area contributed by atoms with Crippen molar-refractivity contribution in [2.24, 2.45) is 0 Å². The summed E-state index contributed by atoms with van der Waals surface area (Å²) in [5, 5.41) is 5.49. The molecular formula is C21H21N3O3. The van der Waals surface area contributed by atoms with Gasteiger partial charge in [0.15, 0.2) is 0 Å². The van der Waals surface area contributed by atoms with Crippen LogP contribution < -0.4 is 20.1 Å². The van der Waals surface area contributed by atoms with Gasteiger partial charge >= 0.3 is 6.03 Å². The highest BCUT2D eigenvalue weighted by atomic mass is 16.5. The SMILES string of the molecule is CCOc1ccc(NC(=O)Nc2ccc(Oc3ccccc3C)nc2)cc1. The summed E-state index contributed by atoms with van der Waals surface area (Å²) in [6, 6.07) is 18.0. The van der Waals surface area contributed by atoms with Gasteiger partial charge in [-0.15, -0.1) is 0 Å². The van der Waals surface area contributed by atoms with E-state index < -0.39 is 0 Å². The van der Waals surface area contributed by atoms with Gasteiger partial charge in [0.2, 0.25) is 5.88 Å². The first-order valence-electron chi connectivity index (χ1n) is 8.64. The molecule has 0 radical (unpaired) electrons. The molecule has 0 saturated heterocycles. The molecule has 0 unspecified atom stereocenters. The maximum Gasteiger partial charge on any atom is 0.323 e. The lowest BCUT2D eigenvalue weighted by molar-refractivity contribution is 0.262. The van der Waals surface area contributed by atoms with E-state index in [1.165, 1.54) is 0 Å². The van der Waals surface area contributed by atoms with Crippen LogP contribution in [0.5, 0.6) is 17.4 Å². The van der Waals surface area contributed by atoms with E-state index >= 15 is 0 Å². The summed E-state index contributed by atoms with van der Waals surface area (Å²) in [7, 11) is 0. The van der Waals surface area contributed by atoms with Crippen molar-refractivity contribution in [1.29, 1.82) is 0 Å². The fourth-order valence-corrected chi connectivity index (χ4v) is 2.39. The van der Waals surface area contributed by atoms with Crippen molar-refractivity contribution in [2.45, 2.75) is 13.8 Å². The number of urea groups is 1. The van der Waals surface area contributed by atoms with Gasteiger partial charge < -0.3 is 20.1 Å². The normalized spacial score (nSPS) is 10.1. The first-order chi connectivity index (χ1) is 13.1. The number of carbonyl (C=O) groups is 1. The lowest BCUT2D eigenvalue weighted by atomic mass is 10.2. The highest BCUT2D eigenvalue weighted by Gasteiger charge is 2.05. The molecule has 3 rings (SSSR count). The topological polar surface area (TPSA) is 72.5 Å². The number of nitrogens with one attached hydrogen (secondary N) is 2. The third kappa shape index (κ3) is 5.22. The molecule has 138 valence electrons. The quantitative estimate of drug-likeness (QED) is 0.629. The average Bonchev–Trinajstić information content (AvgIpc) is 2.67. The Morgan fingerprint density at radius 3 is 2.33 bits per heavy atom. The number of rotatable bonds is 6. The predicted molar refractivity (Wildman–Crippen MR) is 106 cm³/mol. The number of pyridine rings is 1. The van der Waals surface area contributed by atoms with Crippen LogP contribution in [0.2, 0.25) is 0 Å². The number of carbonyl (C=O) groups excluding carboxylic acids is 1. The van der Waals surface area contributed by atoms with Gasteiger partial charge in [-0.1, -0.05) is 18.2 Å². The molecule has 2 amide bonds. The van der Waals surface area contributed by atoms with E-state index in [0.29, 0.717) is 23.9 Å². The molecule has 0 aliphatic heterocycles. The van der Waals surface area contributed by atoms with Crippen molar-refractivity contribution >= 4 is 17.4 Å². The van der Waals surface area contributed by atoms with Crippen molar-refractivity contribution in [2.75, 3.05) is 17.2 Å². The highest BCUT2D eigenvalue weighted by molar-refractivity contribution is 5.99. The predicted octanol–water partition coefficient (Wildman–Crippen LogP) is 5.23. The Bertz CT molecular complexity index is 893. The number of anilines is 2. The molecule has 27 heavy (non-hydrogen) atoms. The summed E-state index contributed by atoms with van der Waals surface area (Å²) in [6.07, 6.45) is 1.55. The fraction of sp³-hybridized carbons (Fsp3) is 0.143. The molecule has 0 fully saturated rings. The van der Waals surface area contributed by atoms with E-state index in [4.69, 9.17) is 9.47 Å². The monoisotopic (exact) mass is 363 g/mol. The number of para-hydroxylation sites is 1. The Labute approximate surface area is 158 Å². The zero-order valence-electron chi connectivity index (χ0n) is 15.2. The minimum Gasteiger partial charge on any atom is -0.494 e. The number of benzene rings is 2. The number of hydrogen-bond donors (Lipinski definition) is 2. The first kappa shape index (κ1) is 18.3. The van der Waals surface area contributed by atoms with Gasteiger partial charge in [-0.25, -0.2) is 9.78 Å². The summed E-state index contributed by atoms with van der Waals surface area (Å²) < 4.78 is 11.1. The van der Waals surface area contributed by atoms with E-state index in [1.807, 2.05) is 38.1 Å². The van der Waals surface area contributed by atoms with Gasteiger partial charge in [0.25, 0.3) is 0 Å². The lowest BCUT2D eigenvalue weighted by Gasteiger charge is -2.10. The third-order valence-corrected chi connectivity index (χ3v) is 3.73. The van der Waals surface area contributed by atoms with Gasteiger partial charge in [-0.3, -0.25) is 0 Å². The van der Waals surface area contributed by atoms with Gasteiger partial charge in [-0.2, -0.15) is 0 Å². The molecule has 0 aliphatic rings. The molecule has 0 spiro atoms. The first-order valence-corrected chi connectivity index (χ1v) is 8.64. The number of nitrogens with zero attached hydrogens (tertiary/aromatic N) is 1. The van der Waals surface area contributed by atoms with Crippen LogP contribution in [-0.2, 0) is 0 Å². The number of hydrogen-bond acceptors (Lipinski definition) is 4. The Morgan fingerprint density at radius 2 is 1.67 bits per heavy atom. The van der Waals surface area contributed by atoms with Gasteiger partial charge in [0, 0.05) is 11.8 Å². The van der Waals surface area contributed by atoms with Crippen molar-refractivity contribution in [3.63, 3.8) is 0 Å².